The molecule has 0 radical (unpaired) electrons. The van der Waals surface area contributed by atoms with Crippen LogP contribution in [0.4, 0.5) is 0 Å². The van der Waals surface area contributed by atoms with Gasteiger partial charge in [0.1, 0.15) is 5.75 Å². The SMILES string of the molecule is COc1ccc(Cl)c(Cc2ccccc2C(=O)O)c1Cl. The van der Waals surface area contributed by atoms with E-state index in [2.05, 4.69) is 0 Å². The van der Waals surface area contributed by atoms with Gasteiger partial charge in [-0.2, -0.15) is 0 Å². The summed E-state index contributed by atoms with van der Waals surface area (Å²) in [5, 5.41) is 10.1. The fourth-order valence-electron chi connectivity index (χ4n) is 1.97. The molecular formula is C15H12Cl2O3. The average molecular weight is 311 g/mol. The fraction of sp³-hybridized carbons (Fsp3) is 0.133. The number of carbonyl (C=O) groups is 1. The Labute approximate surface area is 126 Å². The van der Waals surface area contributed by atoms with Gasteiger partial charge in [0.25, 0.3) is 0 Å². The third kappa shape index (κ3) is 2.89. The van der Waals surface area contributed by atoms with E-state index in [4.69, 9.17) is 27.9 Å². The number of rotatable bonds is 4. The predicted octanol–water partition coefficient (Wildman–Crippen LogP) is 4.29. The third-order valence-electron chi connectivity index (χ3n) is 2.99. The standard InChI is InChI=1S/C15H12Cl2O3/c1-20-13-7-6-12(16)11(14(13)17)8-9-4-2-3-5-10(9)15(18)19/h2-7H,8H2,1H3,(H,18,19). The highest BCUT2D eigenvalue weighted by Gasteiger charge is 2.15. The van der Waals surface area contributed by atoms with Crippen LogP contribution >= 0.6 is 23.2 Å². The van der Waals surface area contributed by atoms with Crippen LogP contribution in [-0.2, 0) is 6.42 Å². The third-order valence-corrected chi connectivity index (χ3v) is 3.75. The molecule has 0 heterocycles. The zero-order chi connectivity index (χ0) is 14.7. The Bertz CT molecular complexity index is 654. The van der Waals surface area contributed by atoms with Gasteiger partial charge in [-0.05, 0) is 29.3 Å². The Morgan fingerprint density at radius 3 is 2.55 bits per heavy atom. The van der Waals surface area contributed by atoms with Crippen LogP contribution in [0.2, 0.25) is 10.0 Å². The van der Waals surface area contributed by atoms with Crippen LogP contribution in [0, 0.1) is 0 Å². The molecule has 0 aromatic heterocycles. The van der Waals surface area contributed by atoms with Crippen molar-refractivity contribution in [3.8, 4) is 5.75 Å². The normalized spacial score (nSPS) is 10.3. The molecule has 0 aliphatic carbocycles. The van der Waals surface area contributed by atoms with Crippen LogP contribution < -0.4 is 4.74 Å². The van der Waals surface area contributed by atoms with E-state index in [0.29, 0.717) is 33.3 Å². The second-order valence-electron chi connectivity index (χ2n) is 4.18. The van der Waals surface area contributed by atoms with Crippen LogP contribution in [0.3, 0.4) is 0 Å². The van der Waals surface area contributed by atoms with Gasteiger partial charge in [0.15, 0.2) is 0 Å². The van der Waals surface area contributed by atoms with Gasteiger partial charge in [-0.1, -0.05) is 41.4 Å². The first-order valence-corrected chi connectivity index (χ1v) is 6.62. The smallest absolute Gasteiger partial charge is 0.335 e. The summed E-state index contributed by atoms with van der Waals surface area (Å²) < 4.78 is 5.15. The Hall–Kier alpha value is -1.71. The number of benzene rings is 2. The zero-order valence-corrected chi connectivity index (χ0v) is 12.2. The molecule has 0 unspecified atom stereocenters. The van der Waals surface area contributed by atoms with Crippen molar-refractivity contribution in [1.29, 1.82) is 0 Å². The molecule has 0 aliphatic rings. The van der Waals surface area contributed by atoms with Crippen molar-refractivity contribution >= 4 is 29.2 Å². The topological polar surface area (TPSA) is 46.5 Å². The molecule has 0 bridgehead atoms. The van der Waals surface area contributed by atoms with Gasteiger partial charge in [0, 0.05) is 11.4 Å². The van der Waals surface area contributed by atoms with Gasteiger partial charge in [0.05, 0.1) is 17.7 Å². The lowest BCUT2D eigenvalue weighted by molar-refractivity contribution is 0.0696. The largest absolute Gasteiger partial charge is 0.495 e. The minimum absolute atomic E-state index is 0.238. The molecule has 2 aromatic rings. The molecule has 2 rings (SSSR count). The van der Waals surface area contributed by atoms with E-state index < -0.39 is 5.97 Å². The first kappa shape index (κ1) is 14.7. The molecule has 0 saturated carbocycles. The number of carboxylic acids is 1. The van der Waals surface area contributed by atoms with Crippen molar-refractivity contribution in [2.75, 3.05) is 7.11 Å². The highest BCUT2D eigenvalue weighted by Crippen LogP contribution is 2.35. The molecule has 0 saturated heterocycles. The van der Waals surface area contributed by atoms with Crippen LogP contribution in [-0.4, -0.2) is 18.2 Å². The summed E-state index contributed by atoms with van der Waals surface area (Å²) in [5.74, 6) is -0.463. The molecule has 0 spiro atoms. The maximum absolute atomic E-state index is 11.2. The first-order valence-electron chi connectivity index (χ1n) is 5.86. The van der Waals surface area contributed by atoms with E-state index in [9.17, 15) is 9.90 Å². The Balaban J connectivity index is 2.48. The summed E-state index contributed by atoms with van der Waals surface area (Å²) in [6.07, 6.45) is 0.331. The number of hydrogen-bond acceptors (Lipinski definition) is 2. The second kappa shape index (κ2) is 6.16. The van der Waals surface area contributed by atoms with Crippen molar-refractivity contribution in [2.45, 2.75) is 6.42 Å². The predicted molar refractivity (Wildman–Crippen MR) is 79.2 cm³/mol. The van der Waals surface area contributed by atoms with E-state index in [1.807, 2.05) is 0 Å². The van der Waals surface area contributed by atoms with Crippen molar-refractivity contribution in [1.82, 2.24) is 0 Å². The summed E-state index contributed by atoms with van der Waals surface area (Å²) in [6, 6.07) is 10.1. The maximum atomic E-state index is 11.2. The number of halogens is 2. The van der Waals surface area contributed by atoms with Gasteiger partial charge < -0.3 is 9.84 Å². The van der Waals surface area contributed by atoms with Crippen molar-refractivity contribution in [3.63, 3.8) is 0 Å². The number of methoxy groups -OCH3 is 1. The van der Waals surface area contributed by atoms with E-state index in [-0.39, 0.29) is 5.56 Å². The van der Waals surface area contributed by atoms with Gasteiger partial charge in [0.2, 0.25) is 0 Å². The summed E-state index contributed by atoms with van der Waals surface area (Å²) in [6.45, 7) is 0. The number of hydrogen-bond donors (Lipinski definition) is 1. The fourth-order valence-corrected chi connectivity index (χ4v) is 2.55. The van der Waals surface area contributed by atoms with E-state index in [1.165, 1.54) is 7.11 Å². The van der Waals surface area contributed by atoms with Crippen molar-refractivity contribution < 1.29 is 14.6 Å². The molecule has 20 heavy (non-hydrogen) atoms. The lowest BCUT2D eigenvalue weighted by Crippen LogP contribution is -2.03. The molecule has 104 valence electrons. The van der Waals surface area contributed by atoms with Gasteiger partial charge in [-0.25, -0.2) is 4.79 Å². The summed E-state index contributed by atoms with van der Waals surface area (Å²) in [7, 11) is 1.52. The van der Waals surface area contributed by atoms with Crippen LogP contribution in [0.25, 0.3) is 0 Å². The zero-order valence-electron chi connectivity index (χ0n) is 10.7. The van der Waals surface area contributed by atoms with E-state index in [0.717, 1.165) is 0 Å². The van der Waals surface area contributed by atoms with Gasteiger partial charge in [-0.15, -0.1) is 0 Å². The minimum Gasteiger partial charge on any atom is -0.495 e. The monoisotopic (exact) mass is 310 g/mol. The highest BCUT2D eigenvalue weighted by molar-refractivity contribution is 6.37. The van der Waals surface area contributed by atoms with Crippen molar-refractivity contribution in [3.05, 3.63) is 63.1 Å². The van der Waals surface area contributed by atoms with Crippen LogP contribution in [0.15, 0.2) is 36.4 Å². The molecule has 0 fully saturated rings. The molecule has 3 nitrogen and oxygen atoms in total. The average Bonchev–Trinajstić information content (AvgIpc) is 2.44. The van der Waals surface area contributed by atoms with Gasteiger partial charge >= 0.3 is 5.97 Å². The Morgan fingerprint density at radius 1 is 1.20 bits per heavy atom. The molecule has 0 amide bonds. The quantitative estimate of drug-likeness (QED) is 0.916. The number of ether oxygens (including phenoxy) is 1. The van der Waals surface area contributed by atoms with E-state index >= 15 is 0 Å². The number of carboxylic acid groups (broad SMARTS) is 1. The molecule has 5 heteroatoms. The van der Waals surface area contributed by atoms with Crippen molar-refractivity contribution in [2.24, 2.45) is 0 Å². The Morgan fingerprint density at radius 2 is 1.90 bits per heavy atom. The lowest BCUT2D eigenvalue weighted by Gasteiger charge is -2.12. The first-order chi connectivity index (χ1) is 9.54. The molecule has 0 atom stereocenters. The molecule has 0 aliphatic heterocycles. The van der Waals surface area contributed by atoms with Gasteiger partial charge in [-0.3, -0.25) is 0 Å². The summed E-state index contributed by atoms with van der Waals surface area (Å²) in [4.78, 5) is 11.2. The number of aromatic carboxylic acids is 1. The van der Waals surface area contributed by atoms with Crippen LogP contribution in [0.1, 0.15) is 21.5 Å². The lowest BCUT2D eigenvalue weighted by atomic mass is 9.99. The highest BCUT2D eigenvalue weighted by atomic mass is 35.5. The minimum atomic E-state index is -0.976. The Kier molecular flexibility index (Phi) is 4.53. The molecule has 2 aromatic carbocycles. The summed E-state index contributed by atoms with van der Waals surface area (Å²) in [5.41, 5.74) is 1.54. The molecule has 1 N–H and O–H groups in total. The summed E-state index contributed by atoms with van der Waals surface area (Å²) >= 11 is 12.4. The van der Waals surface area contributed by atoms with E-state index in [1.54, 1.807) is 36.4 Å². The maximum Gasteiger partial charge on any atom is 0.335 e. The second-order valence-corrected chi connectivity index (χ2v) is 4.97. The van der Waals surface area contributed by atoms with Crippen LogP contribution in [0.5, 0.6) is 5.75 Å². The molecular weight excluding hydrogens is 299 g/mol.